The predicted octanol–water partition coefficient (Wildman–Crippen LogP) is 4.13. The molecule has 4 rings (SSSR count). The van der Waals surface area contributed by atoms with E-state index >= 15 is 0 Å². The van der Waals surface area contributed by atoms with Crippen LogP contribution in [0.5, 0.6) is 0 Å². The molecule has 3 heterocycles. The van der Waals surface area contributed by atoms with E-state index in [-0.39, 0.29) is 66.0 Å². The van der Waals surface area contributed by atoms with Gasteiger partial charge in [0.1, 0.15) is 24.5 Å². The van der Waals surface area contributed by atoms with Gasteiger partial charge in [-0.3, -0.25) is 9.59 Å². The Labute approximate surface area is 418 Å². The van der Waals surface area contributed by atoms with Crippen LogP contribution in [-0.2, 0) is 49.5 Å². The van der Waals surface area contributed by atoms with Gasteiger partial charge in [0.25, 0.3) is 0 Å². The fraction of sp³-hybridized carbons (Fsp3) is 0.843. The summed E-state index contributed by atoms with van der Waals surface area (Å²) >= 11 is 0. The minimum absolute atomic E-state index is 0.0439. The second-order valence-corrected chi connectivity index (χ2v) is 23.7. The van der Waals surface area contributed by atoms with Gasteiger partial charge in [-0.25, -0.2) is 12.8 Å². The first-order valence-electron chi connectivity index (χ1n) is 25.3. The number of nitrogens with zero attached hydrogens (tertiary/aromatic N) is 2. The summed E-state index contributed by atoms with van der Waals surface area (Å²) < 4.78 is 67.2. The predicted molar refractivity (Wildman–Crippen MR) is 266 cm³/mol. The first kappa shape index (κ1) is 61.9. The normalized spacial score (nSPS) is 37.0. The van der Waals surface area contributed by atoms with Crippen LogP contribution in [0.4, 0.5) is 4.39 Å². The molecule has 0 saturated carbocycles. The van der Waals surface area contributed by atoms with Gasteiger partial charge in [0.15, 0.2) is 22.4 Å². The molecular weight excluding hydrogens is 928 g/mol. The Morgan fingerprint density at radius 3 is 2.21 bits per heavy atom. The van der Waals surface area contributed by atoms with Crippen molar-refractivity contribution < 1.29 is 66.5 Å². The highest BCUT2D eigenvalue weighted by molar-refractivity contribution is 7.91. The average Bonchev–Trinajstić information content (AvgIpc) is 3.26. The number of likely N-dealkylation sites (N-methyl/N-ethyl adjacent to an activating group) is 1. The van der Waals surface area contributed by atoms with E-state index in [0.717, 1.165) is 18.4 Å². The maximum Gasteiger partial charge on any atom is 0.311 e. The van der Waals surface area contributed by atoms with Crippen molar-refractivity contribution in [2.24, 2.45) is 23.5 Å². The summed E-state index contributed by atoms with van der Waals surface area (Å²) in [7, 11) is 2.07. The van der Waals surface area contributed by atoms with E-state index in [0.29, 0.717) is 45.2 Å². The smallest absolute Gasteiger partial charge is 0.311 e. The van der Waals surface area contributed by atoms with Crippen molar-refractivity contribution in [1.29, 1.82) is 0 Å². The summed E-state index contributed by atoms with van der Waals surface area (Å²) in [4.78, 5) is 30.1. The number of halogens is 1. The van der Waals surface area contributed by atoms with E-state index in [4.69, 9.17) is 29.4 Å². The standard InChI is InChI=1S/C30H57NO8.C21H34FN3O5S/c1-12-23-30(9,35)26(32)22(6)31(10)17-18(2)13-28(7,34)14-19(3)25(21(5)27(33)38-23)39-24-16-29(8,36-11)15-20(4)37-24;1-15-11-18(13-21(27)30-15)25(2)9-7-20(26)24-17(14-22)12-16-3-5-19(6-4-16)31(28,29)10-8-23/h18-26,32,34-35H,12-17H2,1-11H3;3-6,15,17-18,21,27H,7-14,23H2,1-2H3,(H,24,26)/t18-,19-,20+,21-,22-,23-,24+,25+,26-,28-,29+,30-;15-,17+,18+,21-/m11/s1. The number of cyclic esters (lactones) is 1. The van der Waals surface area contributed by atoms with Gasteiger partial charge in [0.05, 0.1) is 52.1 Å². The van der Waals surface area contributed by atoms with E-state index < -0.39 is 88.2 Å². The first-order chi connectivity index (χ1) is 32.5. The number of carbonyl (C=O) groups is 2. The Morgan fingerprint density at radius 2 is 1.64 bits per heavy atom. The summed E-state index contributed by atoms with van der Waals surface area (Å²) in [6.45, 7) is 19.2. The number of rotatable bonds is 15. The van der Waals surface area contributed by atoms with Crippen LogP contribution >= 0.6 is 0 Å². The van der Waals surface area contributed by atoms with Gasteiger partial charge in [0, 0.05) is 64.5 Å². The van der Waals surface area contributed by atoms with E-state index in [9.17, 15) is 42.8 Å². The molecule has 1 amide bonds. The molecule has 3 fully saturated rings. The Morgan fingerprint density at radius 1 is 1.00 bits per heavy atom. The molecule has 0 aromatic heterocycles. The largest absolute Gasteiger partial charge is 0.459 e. The van der Waals surface area contributed by atoms with Crippen LogP contribution in [-0.4, -0.2) is 182 Å². The van der Waals surface area contributed by atoms with E-state index in [1.807, 2.05) is 72.4 Å². The van der Waals surface area contributed by atoms with Gasteiger partial charge >= 0.3 is 5.97 Å². The van der Waals surface area contributed by atoms with Crippen molar-refractivity contribution in [3.8, 4) is 0 Å². The number of esters is 1. The SMILES string of the molecule is CC[C@H]1OC(=O)[C@H](C)[C@@H](O[C@H]2C[C@@](C)(OC)C[C@H](C)O2)[C@H](C)C[C@](C)(O)C[C@@H](C)CN(C)[C@H](C)[C@@H](O)[C@]1(C)O.C[C@@H]1C[C@H](N(C)CCC(=O)N[C@H](CF)Cc2ccc(S(=O)(=O)CCN)cc2)C[C@H](O)O1. The van der Waals surface area contributed by atoms with Gasteiger partial charge in [-0.1, -0.05) is 32.9 Å². The van der Waals surface area contributed by atoms with Crippen LogP contribution < -0.4 is 11.1 Å². The van der Waals surface area contributed by atoms with Gasteiger partial charge in [0.2, 0.25) is 5.91 Å². The highest BCUT2D eigenvalue weighted by atomic mass is 32.2. The first-order valence-corrected chi connectivity index (χ1v) is 27.0. The molecule has 0 unspecified atom stereocenters. The Bertz CT molecular complexity index is 1850. The third-order valence-electron chi connectivity index (χ3n) is 14.6. The van der Waals surface area contributed by atoms with Crippen molar-refractivity contribution in [3.05, 3.63) is 29.8 Å². The summed E-state index contributed by atoms with van der Waals surface area (Å²) in [5.41, 5.74) is 2.97. The number of aliphatic hydroxyl groups excluding tert-OH is 2. The number of benzene rings is 1. The quantitative estimate of drug-likeness (QED) is 0.135. The van der Waals surface area contributed by atoms with E-state index in [2.05, 4.69) is 12.2 Å². The molecule has 1 aromatic carbocycles. The third kappa shape index (κ3) is 18.5. The van der Waals surface area contributed by atoms with Gasteiger partial charge in [-0.05, 0) is 124 Å². The third-order valence-corrected chi connectivity index (χ3v) is 16.4. The van der Waals surface area contributed by atoms with Crippen LogP contribution in [0.15, 0.2) is 29.2 Å². The minimum Gasteiger partial charge on any atom is -0.459 e. The fourth-order valence-corrected chi connectivity index (χ4v) is 11.7. The number of ether oxygens (including phenoxy) is 5. The van der Waals surface area contributed by atoms with Gasteiger partial charge < -0.3 is 65.0 Å². The van der Waals surface area contributed by atoms with Crippen LogP contribution in [0.1, 0.15) is 126 Å². The molecule has 0 radical (unpaired) electrons. The summed E-state index contributed by atoms with van der Waals surface area (Å²) in [5, 5.41) is 46.6. The zero-order valence-corrected chi connectivity index (χ0v) is 45.3. The molecule has 3 aliphatic rings. The highest BCUT2D eigenvalue weighted by Crippen LogP contribution is 2.37. The monoisotopic (exact) mass is 1020 g/mol. The summed E-state index contributed by atoms with van der Waals surface area (Å²) in [6.07, 6.45) is 0.0622. The van der Waals surface area contributed by atoms with Crippen LogP contribution in [0.25, 0.3) is 0 Å². The minimum atomic E-state index is -3.41. The Hall–Kier alpha value is -2.40. The van der Waals surface area contributed by atoms with E-state index in [1.165, 1.54) is 19.1 Å². The lowest BCUT2D eigenvalue weighted by atomic mass is 9.80. The number of alkyl halides is 1. The average molecular weight is 1020 g/mol. The number of carbonyl (C=O) groups excluding carboxylic acids is 2. The highest BCUT2D eigenvalue weighted by Gasteiger charge is 2.47. The Balaban J connectivity index is 0.000000380. The van der Waals surface area contributed by atoms with Gasteiger partial charge in [-0.15, -0.1) is 0 Å². The number of methoxy groups -OCH3 is 1. The van der Waals surface area contributed by atoms with Crippen LogP contribution in [0.3, 0.4) is 0 Å². The molecule has 3 saturated heterocycles. The van der Waals surface area contributed by atoms with Crippen molar-refractivity contribution >= 4 is 21.7 Å². The zero-order valence-electron chi connectivity index (χ0n) is 44.4. The summed E-state index contributed by atoms with van der Waals surface area (Å²) in [6, 6.07) is 5.25. The maximum atomic E-state index is 13.6. The Kier molecular flexibility index (Phi) is 24.1. The van der Waals surface area contributed by atoms with E-state index in [1.54, 1.807) is 26.2 Å². The van der Waals surface area contributed by atoms with Crippen molar-refractivity contribution in [2.75, 3.05) is 53.3 Å². The molecule has 1 aromatic rings. The summed E-state index contributed by atoms with van der Waals surface area (Å²) in [5.74, 6) is -1.71. The molecule has 17 nitrogen and oxygen atoms in total. The number of amides is 1. The molecule has 0 bridgehead atoms. The number of hydrogen-bond donors (Lipinski definition) is 6. The van der Waals surface area contributed by atoms with Gasteiger partial charge in [-0.2, -0.15) is 0 Å². The molecule has 19 heteroatoms. The molecule has 70 heavy (non-hydrogen) atoms. The molecular formula is C51H91FN4O13S. The zero-order chi connectivity index (χ0) is 52.9. The van der Waals surface area contributed by atoms with Crippen LogP contribution in [0, 0.1) is 17.8 Å². The molecule has 406 valence electrons. The number of aliphatic hydroxyl groups is 4. The topological polar surface area (TPSA) is 240 Å². The van der Waals surface area contributed by atoms with Crippen molar-refractivity contribution in [1.82, 2.24) is 15.1 Å². The lowest BCUT2D eigenvalue weighted by Gasteiger charge is -2.43. The lowest BCUT2D eigenvalue weighted by Crippen LogP contribution is -2.59. The number of sulfone groups is 1. The molecule has 0 spiro atoms. The maximum absolute atomic E-state index is 13.6. The fourth-order valence-electron chi connectivity index (χ4n) is 10.6. The number of hydrogen-bond acceptors (Lipinski definition) is 16. The molecule has 7 N–H and O–H groups in total. The molecule has 16 atom stereocenters. The molecule has 0 aliphatic carbocycles. The van der Waals surface area contributed by atoms with Crippen molar-refractivity contribution in [3.63, 3.8) is 0 Å². The van der Waals surface area contributed by atoms with Crippen LogP contribution in [0.2, 0.25) is 0 Å². The molecule has 3 aliphatic heterocycles. The second-order valence-electron chi connectivity index (χ2n) is 21.6. The number of nitrogens with two attached hydrogens (primary N) is 1. The van der Waals surface area contributed by atoms with Crippen molar-refractivity contribution in [2.45, 2.75) is 210 Å². The second kappa shape index (κ2) is 27.2. The number of nitrogens with one attached hydrogen (secondary N) is 1. The lowest BCUT2D eigenvalue weighted by molar-refractivity contribution is -0.265.